The van der Waals surface area contributed by atoms with Gasteiger partial charge in [0, 0.05) is 13.1 Å². The summed E-state index contributed by atoms with van der Waals surface area (Å²) in [5, 5.41) is 21.5. The number of fused-ring (bicyclic) bond motifs is 1. The van der Waals surface area contributed by atoms with Gasteiger partial charge in [0.25, 0.3) is 0 Å². The van der Waals surface area contributed by atoms with Gasteiger partial charge in [-0.1, -0.05) is 0 Å². The Labute approximate surface area is 117 Å². The molecule has 1 aliphatic heterocycles. The quantitative estimate of drug-likeness (QED) is 0.872. The molecule has 0 amide bonds. The van der Waals surface area contributed by atoms with Crippen LogP contribution in [-0.4, -0.2) is 57.3 Å². The molecule has 0 saturated carbocycles. The van der Waals surface area contributed by atoms with Gasteiger partial charge in [-0.15, -0.1) is 15.3 Å². The van der Waals surface area contributed by atoms with Gasteiger partial charge in [0.2, 0.25) is 0 Å². The van der Waals surface area contributed by atoms with Gasteiger partial charge < -0.3 is 14.7 Å². The molecule has 1 unspecified atom stereocenters. The number of nitrogens with zero attached hydrogens (tertiary/aromatic N) is 5. The molecule has 3 heterocycles. The second-order valence-electron chi connectivity index (χ2n) is 5.01. The molecule has 1 N–H and O–H groups in total. The van der Waals surface area contributed by atoms with E-state index in [-0.39, 0.29) is 12.7 Å². The van der Waals surface area contributed by atoms with Crippen LogP contribution in [-0.2, 0) is 4.74 Å². The van der Waals surface area contributed by atoms with Crippen LogP contribution < -0.4 is 4.90 Å². The molecule has 1 fully saturated rings. The largest absolute Gasteiger partial charge is 0.394 e. The van der Waals surface area contributed by atoms with Gasteiger partial charge in [-0.2, -0.15) is 4.52 Å². The van der Waals surface area contributed by atoms with E-state index in [0.717, 1.165) is 43.2 Å². The van der Waals surface area contributed by atoms with Crippen molar-refractivity contribution in [3.63, 3.8) is 0 Å². The Bertz CT molecular complexity index is 585. The number of hydrogen-bond donors (Lipinski definition) is 1. The van der Waals surface area contributed by atoms with Crippen LogP contribution in [0.1, 0.15) is 18.7 Å². The van der Waals surface area contributed by atoms with Crippen molar-refractivity contribution in [2.24, 2.45) is 0 Å². The van der Waals surface area contributed by atoms with E-state index in [1.165, 1.54) is 0 Å². The molecule has 0 spiro atoms. The maximum atomic E-state index is 8.84. The molecule has 2 aromatic rings. The van der Waals surface area contributed by atoms with E-state index in [1.807, 2.05) is 19.1 Å². The molecule has 0 aliphatic carbocycles. The first-order valence-electron chi connectivity index (χ1n) is 6.94. The maximum absolute atomic E-state index is 8.84. The van der Waals surface area contributed by atoms with Crippen LogP contribution in [0.2, 0.25) is 0 Å². The Morgan fingerprint density at radius 3 is 3.15 bits per heavy atom. The van der Waals surface area contributed by atoms with Crippen molar-refractivity contribution in [1.82, 2.24) is 19.8 Å². The zero-order valence-electron chi connectivity index (χ0n) is 11.6. The lowest BCUT2D eigenvalue weighted by Crippen LogP contribution is -2.40. The Hall–Kier alpha value is -1.73. The van der Waals surface area contributed by atoms with Crippen molar-refractivity contribution in [2.75, 3.05) is 31.2 Å². The number of aliphatic hydroxyl groups excluding tert-OH is 1. The number of anilines is 1. The second-order valence-corrected chi connectivity index (χ2v) is 5.01. The van der Waals surface area contributed by atoms with Gasteiger partial charge in [-0.3, -0.25) is 0 Å². The van der Waals surface area contributed by atoms with Gasteiger partial charge in [-0.05, 0) is 31.9 Å². The van der Waals surface area contributed by atoms with Crippen LogP contribution in [0.4, 0.5) is 5.82 Å². The summed E-state index contributed by atoms with van der Waals surface area (Å²) in [6.45, 7) is 4.13. The molecule has 3 rings (SSSR count). The van der Waals surface area contributed by atoms with Crippen molar-refractivity contribution < 1.29 is 9.84 Å². The summed E-state index contributed by atoms with van der Waals surface area (Å²) < 4.78 is 7.39. The Kier molecular flexibility index (Phi) is 3.79. The molecule has 0 aromatic carbocycles. The fourth-order valence-corrected chi connectivity index (χ4v) is 2.56. The normalized spacial score (nSPS) is 19.7. The van der Waals surface area contributed by atoms with Crippen LogP contribution in [0, 0.1) is 6.92 Å². The molecule has 1 atom stereocenters. The first kappa shape index (κ1) is 13.3. The monoisotopic (exact) mass is 277 g/mol. The van der Waals surface area contributed by atoms with Crippen LogP contribution in [0.3, 0.4) is 0 Å². The summed E-state index contributed by atoms with van der Waals surface area (Å²) in [7, 11) is 0. The van der Waals surface area contributed by atoms with Crippen molar-refractivity contribution in [1.29, 1.82) is 0 Å². The zero-order valence-corrected chi connectivity index (χ0v) is 11.6. The van der Waals surface area contributed by atoms with Crippen LogP contribution in [0.15, 0.2) is 12.1 Å². The average molecular weight is 277 g/mol. The highest BCUT2D eigenvalue weighted by Gasteiger charge is 2.21. The van der Waals surface area contributed by atoms with Crippen molar-refractivity contribution in [3.05, 3.63) is 18.0 Å². The molecule has 7 nitrogen and oxygen atoms in total. The molecular weight excluding hydrogens is 258 g/mol. The first-order valence-corrected chi connectivity index (χ1v) is 6.94. The summed E-state index contributed by atoms with van der Waals surface area (Å²) in [5.41, 5.74) is 0.760. The van der Waals surface area contributed by atoms with Crippen molar-refractivity contribution in [3.8, 4) is 0 Å². The van der Waals surface area contributed by atoms with Crippen molar-refractivity contribution >= 4 is 11.5 Å². The van der Waals surface area contributed by atoms with E-state index in [1.54, 1.807) is 4.52 Å². The molecular formula is C13H19N5O2. The fourth-order valence-electron chi connectivity index (χ4n) is 2.56. The zero-order chi connectivity index (χ0) is 13.9. The lowest BCUT2D eigenvalue weighted by molar-refractivity contribution is 0.0213. The topological polar surface area (TPSA) is 75.8 Å². The maximum Gasteiger partial charge on any atom is 0.178 e. The summed E-state index contributed by atoms with van der Waals surface area (Å²) in [6, 6.07) is 3.90. The lowest BCUT2D eigenvalue weighted by atomic mass is 10.1. The summed E-state index contributed by atoms with van der Waals surface area (Å²) in [6.07, 6.45) is 2.26. The molecule has 1 aliphatic rings. The Morgan fingerprint density at radius 2 is 2.30 bits per heavy atom. The van der Waals surface area contributed by atoms with E-state index in [9.17, 15) is 0 Å². The summed E-state index contributed by atoms with van der Waals surface area (Å²) in [4.78, 5) is 2.21. The number of rotatable bonds is 4. The van der Waals surface area contributed by atoms with Crippen LogP contribution in [0.25, 0.3) is 5.65 Å². The number of aryl methyl sites for hydroxylation is 1. The number of aromatic nitrogens is 4. The highest BCUT2D eigenvalue weighted by atomic mass is 16.5. The van der Waals surface area contributed by atoms with E-state index >= 15 is 0 Å². The standard InChI is InChI=1S/C13H19N5O2/c1-10-14-15-12-4-5-13(16-18(10)12)17-6-2-3-11(9-17)20-8-7-19/h4-5,11,19H,2-3,6-9H2,1H3. The second kappa shape index (κ2) is 5.72. The number of piperidine rings is 1. The average Bonchev–Trinajstić information content (AvgIpc) is 2.86. The SMILES string of the molecule is Cc1nnc2ccc(N3CCCC(OCCO)C3)nn12. The lowest BCUT2D eigenvalue weighted by Gasteiger charge is -2.33. The minimum atomic E-state index is 0.0700. The summed E-state index contributed by atoms with van der Waals surface area (Å²) >= 11 is 0. The van der Waals surface area contributed by atoms with Crippen molar-refractivity contribution in [2.45, 2.75) is 25.9 Å². The highest BCUT2D eigenvalue weighted by molar-refractivity contribution is 5.46. The Morgan fingerprint density at radius 1 is 1.40 bits per heavy atom. The van der Waals surface area contributed by atoms with Gasteiger partial charge >= 0.3 is 0 Å². The van der Waals surface area contributed by atoms with Gasteiger partial charge in [0.15, 0.2) is 11.5 Å². The fraction of sp³-hybridized carbons (Fsp3) is 0.615. The predicted molar refractivity (Wildman–Crippen MR) is 73.8 cm³/mol. The third kappa shape index (κ3) is 2.59. The van der Waals surface area contributed by atoms with Gasteiger partial charge in [0.05, 0.1) is 19.3 Å². The predicted octanol–water partition coefficient (Wildman–Crippen LogP) is 0.410. The minimum absolute atomic E-state index is 0.0700. The Balaban J connectivity index is 1.77. The molecule has 20 heavy (non-hydrogen) atoms. The van der Waals surface area contributed by atoms with Crippen LogP contribution in [0.5, 0.6) is 0 Å². The third-order valence-corrected chi connectivity index (χ3v) is 3.55. The number of ether oxygens (including phenoxy) is 1. The van der Waals surface area contributed by atoms with Crippen LogP contribution >= 0.6 is 0 Å². The smallest absolute Gasteiger partial charge is 0.178 e. The minimum Gasteiger partial charge on any atom is -0.394 e. The number of aliphatic hydroxyl groups is 1. The van der Waals surface area contributed by atoms with Gasteiger partial charge in [-0.25, -0.2) is 0 Å². The molecule has 108 valence electrons. The van der Waals surface area contributed by atoms with E-state index in [0.29, 0.717) is 6.61 Å². The highest BCUT2D eigenvalue weighted by Crippen LogP contribution is 2.19. The van der Waals surface area contributed by atoms with E-state index in [4.69, 9.17) is 9.84 Å². The molecule has 0 bridgehead atoms. The molecule has 0 radical (unpaired) electrons. The van der Waals surface area contributed by atoms with E-state index in [2.05, 4.69) is 20.2 Å². The number of hydrogen-bond acceptors (Lipinski definition) is 6. The van der Waals surface area contributed by atoms with E-state index < -0.39 is 0 Å². The molecule has 1 saturated heterocycles. The molecule has 7 heteroatoms. The third-order valence-electron chi connectivity index (χ3n) is 3.55. The summed E-state index contributed by atoms with van der Waals surface area (Å²) in [5.74, 6) is 1.70. The first-order chi connectivity index (χ1) is 9.78. The molecule has 2 aromatic heterocycles. The van der Waals surface area contributed by atoms with Gasteiger partial charge in [0.1, 0.15) is 5.82 Å².